The van der Waals surface area contributed by atoms with Crippen LogP contribution in [0.1, 0.15) is 25.5 Å². The first-order valence-corrected chi connectivity index (χ1v) is 8.82. The van der Waals surface area contributed by atoms with Crippen molar-refractivity contribution in [3.8, 4) is 11.5 Å². The van der Waals surface area contributed by atoms with Gasteiger partial charge in [0, 0.05) is 56.4 Å². The number of aromatic nitrogens is 1. The van der Waals surface area contributed by atoms with E-state index in [2.05, 4.69) is 47.0 Å². The van der Waals surface area contributed by atoms with E-state index in [1.54, 1.807) is 14.2 Å². The molecule has 1 aromatic heterocycles. The molecule has 132 valence electrons. The van der Waals surface area contributed by atoms with Crippen LogP contribution in [0.4, 0.5) is 0 Å². The van der Waals surface area contributed by atoms with Crippen LogP contribution < -0.4 is 14.8 Å². The number of rotatable bonds is 6. The highest BCUT2D eigenvalue weighted by molar-refractivity contribution is 5.87. The number of nitrogens with zero attached hydrogens (tertiary/aromatic N) is 2. The fourth-order valence-electron chi connectivity index (χ4n) is 3.49. The average Bonchev–Trinajstić information content (AvgIpc) is 2.97. The Bertz CT molecular complexity index is 687. The molecule has 0 saturated carbocycles. The Balaban J connectivity index is 1.93. The van der Waals surface area contributed by atoms with Gasteiger partial charge in [-0.1, -0.05) is 0 Å². The van der Waals surface area contributed by atoms with Crippen molar-refractivity contribution >= 4 is 10.9 Å². The largest absolute Gasteiger partial charge is 0.493 e. The summed E-state index contributed by atoms with van der Waals surface area (Å²) in [4.78, 5) is 2.54. The van der Waals surface area contributed by atoms with Crippen LogP contribution >= 0.6 is 0 Å². The fraction of sp³-hybridized carbons (Fsp3) is 0.579. The van der Waals surface area contributed by atoms with Crippen LogP contribution in [0.5, 0.6) is 11.5 Å². The molecule has 2 aromatic rings. The Labute approximate surface area is 144 Å². The summed E-state index contributed by atoms with van der Waals surface area (Å²) in [7, 11) is 3.39. The van der Waals surface area contributed by atoms with E-state index in [0.717, 1.165) is 50.6 Å². The van der Waals surface area contributed by atoms with E-state index in [9.17, 15) is 0 Å². The molecule has 0 spiro atoms. The Morgan fingerprint density at radius 2 is 1.75 bits per heavy atom. The van der Waals surface area contributed by atoms with Crippen LogP contribution in [0.25, 0.3) is 10.9 Å². The highest BCUT2D eigenvalue weighted by Crippen LogP contribution is 2.36. The first kappa shape index (κ1) is 17.1. The molecule has 0 unspecified atom stereocenters. The molecule has 24 heavy (non-hydrogen) atoms. The lowest BCUT2D eigenvalue weighted by molar-refractivity contribution is 0.244. The van der Waals surface area contributed by atoms with E-state index in [1.807, 2.05) is 0 Å². The summed E-state index contributed by atoms with van der Waals surface area (Å²) < 4.78 is 13.3. The van der Waals surface area contributed by atoms with Crippen molar-refractivity contribution < 1.29 is 9.47 Å². The summed E-state index contributed by atoms with van der Waals surface area (Å²) in [6, 6.07) is 4.64. The Hall–Kier alpha value is -1.72. The lowest BCUT2D eigenvalue weighted by atomic mass is 10.1. The van der Waals surface area contributed by atoms with Crippen molar-refractivity contribution in [2.75, 3.05) is 46.9 Å². The van der Waals surface area contributed by atoms with Crippen LogP contribution in [0.3, 0.4) is 0 Å². The lowest BCUT2D eigenvalue weighted by Crippen LogP contribution is -2.44. The summed E-state index contributed by atoms with van der Waals surface area (Å²) >= 11 is 0. The smallest absolute Gasteiger partial charge is 0.162 e. The van der Waals surface area contributed by atoms with Crippen LogP contribution in [0.2, 0.25) is 0 Å². The van der Waals surface area contributed by atoms with Crippen molar-refractivity contribution in [1.82, 2.24) is 14.8 Å². The van der Waals surface area contributed by atoms with Crippen molar-refractivity contribution in [2.45, 2.75) is 26.3 Å². The van der Waals surface area contributed by atoms with Gasteiger partial charge in [-0.15, -0.1) is 0 Å². The third-order valence-electron chi connectivity index (χ3n) is 4.88. The molecule has 0 radical (unpaired) electrons. The van der Waals surface area contributed by atoms with Crippen molar-refractivity contribution in [1.29, 1.82) is 0 Å². The Morgan fingerprint density at radius 1 is 1.08 bits per heavy atom. The van der Waals surface area contributed by atoms with Gasteiger partial charge in [-0.05, 0) is 31.9 Å². The van der Waals surface area contributed by atoms with Crippen LogP contribution in [-0.4, -0.2) is 56.4 Å². The van der Waals surface area contributed by atoms with Crippen LogP contribution in [0.15, 0.2) is 18.3 Å². The minimum absolute atomic E-state index is 0.415. The van der Waals surface area contributed by atoms with Gasteiger partial charge in [0.05, 0.1) is 19.7 Å². The molecular formula is C19H29N3O2. The predicted molar refractivity (Wildman–Crippen MR) is 98.4 cm³/mol. The lowest BCUT2D eigenvalue weighted by Gasteiger charge is -2.27. The number of benzene rings is 1. The number of fused-ring (bicyclic) bond motifs is 1. The molecule has 0 amide bonds. The standard InChI is InChI=1S/C19H29N3O2/c1-14(2)22-13-15(5-8-21-9-6-20-7-10-21)16-11-18(23-3)19(24-4)12-17(16)22/h11-14,20H,5-10H2,1-4H3. The topological polar surface area (TPSA) is 38.7 Å². The number of nitrogens with one attached hydrogen (secondary N) is 1. The number of methoxy groups -OCH3 is 2. The van der Waals surface area contributed by atoms with Gasteiger partial charge < -0.3 is 24.3 Å². The molecule has 2 heterocycles. The predicted octanol–water partition coefficient (Wildman–Crippen LogP) is 2.69. The first-order chi connectivity index (χ1) is 11.6. The summed E-state index contributed by atoms with van der Waals surface area (Å²) in [5, 5.41) is 4.69. The van der Waals surface area contributed by atoms with E-state index < -0.39 is 0 Å². The van der Waals surface area contributed by atoms with E-state index in [4.69, 9.17) is 9.47 Å². The molecule has 1 saturated heterocycles. The summed E-state index contributed by atoms with van der Waals surface area (Å²) in [5.41, 5.74) is 2.61. The zero-order chi connectivity index (χ0) is 17.1. The van der Waals surface area contributed by atoms with Crippen molar-refractivity contribution in [2.24, 2.45) is 0 Å². The molecule has 5 heteroatoms. The quantitative estimate of drug-likeness (QED) is 0.883. The molecule has 5 nitrogen and oxygen atoms in total. The molecule has 1 fully saturated rings. The SMILES string of the molecule is COc1cc2c(CCN3CCNCC3)cn(C(C)C)c2cc1OC. The zero-order valence-corrected chi connectivity index (χ0v) is 15.3. The second-order valence-corrected chi connectivity index (χ2v) is 6.72. The summed E-state index contributed by atoms with van der Waals surface area (Å²) in [6.45, 7) is 10.0. The minimum atomic E-state index is 0.415. The van der Waals surface area contributed by atoms with Gasteiger partial charge >= 0.3 is 0 Å². The highest BCUT2D eigenvalue weighted by Gasteiger charge is 2.16. The third kappa shape index (κ3) is 3.37. The van der Waals surface area contributed by atoms with E-state index in [1.165, 1.54) is 16.5 Å². The average molecular weight is 331 g/mol. The maximum absolute atomic E-state index is 5.51. The number of piperazine rings is 1. The van der Waals surface area contributed by atoms with Gasteiger partial charge in [0.15, 0.2) is 11.5 Å². The third-order valence-corrected chi connectivity index (χ3v) is 4.88. The molecule has 1 aromatic carbocycles. The Kier molecular flexibility index (Phi) is 5.31. The molecule has 3 rings (SSSR count). The normalized spacial score (nSPS) is 16.0. The molecular weight excluding hydrogens is 302 g/mol. The monoisotopic (exact) mass is 331 g/mol. The van der Waals surface area contributed by atoms with Gasteiger partial charge in [0.1, 0.15) is 0 Å². The van der Waals surface area contributed by atoms with Crippen LogP contribution in [-0.2, 0) is 6.42 Å². The van der Waals surface area contributed by atoms with Crippen LogP contribution in [0, 0.1) is 0 Å². The van der Waals surface area contributed by atoms with Crippen molar-refractivity contribution in [3.05, 3.63) is 23.9 Å². The van der Waals surface area contributed by atoms with Gasteiger partial charge in [0.25, 0.3) is 0 Å². The molecule has 0 bridgehead atoms. The highest BCUT2D eigenvalue weighted by atomic mass is 16.5. The maximum atomic E-state index is 5.51. The van der Waals surface area contributed by atoms with E-state index >= 15 is 0 Å². The van der Waals surface area contributed by atoms with Gasteiger partial charge in [0.2, 0.25) is 0 Å². The van der Waals surface area contributed by atoms with Gasteiger partial charge in [-0.25, -0.2) is 0 Å². The van der Waals surface area contributed by atoms with E-state index in [0.29, 0.717) is 6.04 Å². The molecule has 1 N–H and O–H groups in total. The summed E-state index contributed by atoms with van der Waals surface area (Å²) in [5.74, 6) is 1.59. The molecule has 1 aliphatic heterocycles. The second kappa shape index (κ2) is 7.45. The number of ether oxygens (including phenoxy) is 2. The first-order valence-electron chi connectivity index (χ1n) is 8.82. The summed E-state index contributed by atoms with van der Waals surface area (Å²) in [6.07, 6.45) is 3.36. The minimum Gasteiger partial charge on any atom is -0.493 e. The number of hydrogen-bond donors (Lipinski definition) is 1. The Morgan fingerprint density at radius 3 is 2.38 bits per heavy atom. The molecule has 1 aliphatic rings. The zero-order valence-electron chi connectivity index (χ0n) is 15.3. The second-order valence-electron chi connectivity index (χ2n) is 6.72. The molecule has 0 aliphatic carbocycles. The maximum Gasteiger partial charge on any atom is 0.162 e. The fourth-order valence-corrected chi connectivity index (χ4v) is 3.49. The van der Waals surface area contributed by atoms with Gasteiger partial charge in [-0.3, -0.25) is 0 Å². The van der Waals surface area contributed by atoms with E-state index in [-0.39, 0.29) is 0 Å². The van der Waals surface area contributed by atoms with Crippen molar-refractivity contribution in [3.63, 3.8) is 0 Å². The number of hydrogen-bond acceptors (Lipinski definition) is 4. The molecule has 0 atom stereocenters. The van der Waals surface area contributed by atoms with Gasteiger partial charge in [-0.2, -0.15) is 0 Å².